The molecule has 10 atom stereocenters. The zero-order chi connectivity index (χ0) is 32.7. The van der Waals surface area contributed by atoms with E-state index in [0.29, 0.717) is 5.56 Å². The Hall–Kier alpha value is -3.42. The van der Waals surface area contributed by atoms with E-state index in [1.165, 1.54) is 0 Å². The molecule has 4 heterocycles. The Kier molecular flexibility index (Phi) is 13.6. The number of nitrogens with one attached hydrogen (secondary N) is 2. The Morgan fingerprint density at radius 1 is 0.717 bits per heavy atom. The molecule has 0 saturated carbocycles. The summed E-state index contributed by atoms with van der Waals surface area (Å²) in [5, 5.41) is 90.6. The number of aromatic amines is 2. The highest BCUT2D eigenvalue weighted by atomic mass is 79.9. The number of nitrogens with zero attached hydrogens (tertiary/aromatic N) is 2. The molecule has 2 aliphatic heterocycles. The van der Waals surface area contributed by atoms with E-state index in [9.17, 15) is 30.6 Å². The van der Waals surface area contributed by atoms with E-state index in [1.54, 1.807) is 18.5 Å². The summed E-state index contributed by atoms with van der Waals surface area (Å²) < 4.78 is 11.3. The van der Waals surface area contributed by atoms with Crippen LogP contribution in [0.4, 0.5) is 0 Å². The molecular formula is C31H37BrN4O10. The highest BCUT2D eigenvalue weighted by molar-refractivity contribution is 9.10. The van der Waals surface area contributed by atoms with Crippen LogP contribution < -0.4 is 0 Å². The maximum Gasteiger partial charge on any atom is 0.147 e. The molecule has 248 valence electrons. The first-order valence-corrected chi connectivity index (χ1v) is 14.5. The van der Waals surface area contributed by atoms with Gasteiger partial charge in [0.15, 0.2) is 0 Å². The lowest BCUT2D eigenvalue weighted by atomic mass is 9.95. The van der Waals surface area contributed by atoms with Crippen LogP contribution in [-0.4, -0.2) is 136 Å². The van der Waals surface area contributed by atoms with Crippen LogP contribution in [0, 0.1) is 24.2 Å². The third-order valence-corrected chi connectivity index (χ3v) is 7.86. The summed E-state index contributed by atoms with van der Waals surface area (Å²) in [6, 6.07) is 11.5. The molecule has 2 aromatic carbocycles. The summed E-state index contributed by atoms with van der Waals surface area (Å²) in [6.45, 7) is -0.928. The van der Waals surface area contributed by atoms with Crippen molar-refractivity contribution < 1.29 is 50.3 Å². The molecule has 0 amide bonds. The first-order valence-electron chi connectivity index (χ1n) is 13.7. The molecule has 0 radical (unpaired) electrons. The molecule has 0 bridgehead atoms. The molecule has 2 fully saturated rings. The van der Waals surface area contributed by atoms with Gasteiger partial charge in [0.25, 0.3) is 0 Å². The quantitative estimate of drug-likeness (QED) is 0.115. The van der Waals surface area contributed by atoms with E-state index in [0.717, 1.165) is 26.3 Å². The topological polar surface area (TPSA) is 238 Å². The zero-order valence-corrected chi connectivity index (χ0v) is 25.1. The normalized spacial score (nSPS) is 30.3. The van der Waals surface area contributed by atoms with Crippen molar-refractivity contribution >= 4 is 37.7 Å². The minimum absolute atomic E-state index is 0. The van der Waals surface area contributed by atoms with Gasteiger partial charge >= 0.3 is 0 Å². The molecule has 2 aliphatic rings. The van der Waals surface area contributed by atoms with Gasteiger partial charge in [-0.3, -0.25) is 10.2 Å². The number of aromatic nitrogens is 4. The highest BCUT2D eigenvalue weighted by Crippen LogP contribution is 2.23. The number of terminal acetylenes is 1. The van der Waals surface area contributed by atoms with Gasteiger partial charge in [0.1, 0.15) is 61.0 Å². The standard InChI is InChI=1S/C15H16N2O5.C8H12O5.C7H5BrN2.CH4/c18-7-11-14(20)15(21)13(19)10(22-11)5-4-8-2-1-3-9-6-16-17-12(8)9;1-2-4-6(10)8(12)7(11)5(3-9)13-4;8-6-3-1-2-5-4-9-10-7(5)6;/h1-3,6,10-11,13-15,18-21H,7H2,(H,16,17);1,4-12H,3H2;1-4H,(H,9,10);1H4/t10-,11-,13-,14-,15-;4-,5-,6-,7-,8-;;/m11../s1. The monoisotopic (exact) mass is 704 g/mol. The van der Waals surface area contributed by atoms with Gasteiger partial charge < -0.3 is 50.3 Å². The fourth-order valence-electron chi connectivity index (χ4n) is 4.61. The Morgan fingerprint density at radius 2 is 1.22 bits per heavy atom. The number of hydrogen-bond donors (Lipinski definition) is 10. The summed E-state index contributed by atoms with van der Waals surface area (Å²) >= 11 is 3.40. The van der Waals surface area contributed by atoms with Gasteiger partial charge in [0.2, 0.25) is 0 Å². The molecule has 2 saturated heterocycles. The molecule has 46 heavy (non-hydrogen) atoms. The number of benzene rings is 2. The molecule has 14 nitrogen and oxygen atoms in total. The lowest BCUT2D eigenvalue weighted by molar-refractivity contribution is -0.214. The van der Waals surface area contributed by atoms with Crippen molar-refractivity contribution in [1.29, 1.82) is 0 Å². The summed E-state index contributed by atoms with van der Waals surface area (Å²) in [4.78, 5) is 0. The third kappa shape index (κ3) is 8.29. The molecule has 4 aromatic rings. The molecule has 15 heteroatoms. The van der Waals surface area contributed by atoms with Gasteiger partial charge in [0, 0.05) is 15.2 Å². The number of hydrogen-bond acceptors (Lipinski definition) is 12. The predicted molar refractivity (Wildman–Crippen MR) is 170 cm³/mol. The number of rotatable bonds is 2. The highest BCUT2D eigenvalue weighted by Gasteiger charge is 2.43. The Bertz CT molecular complexity index is 1640. The van der Waals surface area contributed by atoms with Gasteiger partial charge in [0.05, 0.1) is 42.2 Å². The van der Waals surface area contributed by atoms with Crippen molar-refractivity contribution in [3.8, 4) is 24.2 Å². The smallest absolute Gasteiger partial charge is 0.147 e. The fraction of sp³-hybridized carbons (Fsp3) is 0.419. The van der Waals surface area contributed by atoms with Crippen molar-refractivity contribution in [2.75, 3.05) is 13.2 Å². The van der Waals surface area contributed by atoms with E-state index in [4.69, 9.17) is 26.1 Å². The van der Waals surface area contributed by atoms with Crippen LogP contribution in [0.3, 0.4) is 0 Å². The Morgan fingerprint density at radius 3 is 1.76 bits per heavy atom. The second-order valence-corrected chi connectivity index (χ2v) is 11.0. The minimum Gasteiger partial charge on any atom is -0.394 e. The van der Waals surface area contributed by atoms with Gasteiger partial charge in [-0.15, -0.1) is 6.42 Å². The van der Waals surface area contributed by atoms with E-state index in [1.807, 2.05) is 30.3 Å². The largest absolute Gasteiger partial charge is 0.394 e. The van der Waals surface area contributed by atoms with Crippen LogP contribution in [0.5, 0.6) is 0 Å². The third-order valence-electron chi connectivity index (χ3n) is 7.20. The molecule has 2 aromatic heterocycles. The van der Waals surface area contributed by atoms with Crippen molar-refractivity contribution in [1.82, 2.24) is 20.4 Å². The summed E-state index contributed by atoms with van der Waals surface area (Å²) in [5.74, 6) is 7.72. The molecule has 0 spiro atoms. The van der Waals surface area contributed by atoms with Gasteiger partial charge in [-0.05, 0) is 28.1 Å². The van der Waals surface area contributed by atoms with E-state index < -0.39 is 74.3 Å². The van der Waals surface area contributed by atoms with Crippen LogP contribution in [0.1, 0.15) is 13.0 Å². The average Bonchev–Trinajstić information content (AvgIpc) is 3.74. The minimum atomic E-state index is -1.42. The second-order valence-electron chi connectivity index (χ2n) is 10.1. The van der Waals surface area contributed by atoms with Crippen LogP contribution in [0.2, 0.25) is 0 Å². The fourth-order valence-corrected chi connectivity index (χ4v) is 5.08. The number of ether oxygens (including phenoxy) is 2. The summed E-state index contributed by atoms with van der Waals surface area (Å²) in [7, 11) is 0. The molecule has 6 rings (SSSR count). The maximum absolute atomic E-state index is 9.93. The van der Waals surface area contributed by atoms with Crippen LogP contribution in [0.25, 0.3) is 21.8 Å². The molecule has 0 unspecified atom stereocenters. The second kappa shape index (κ2) is 16.9. The van der Waals surface area contributed by atoms with Gasteiger partial charge in [-0.25, -0.2) is 0 Å². The van der Waals surface area contributed by atoms with E-state index in [-0.39, 0.29) is 7.43 Å². The Labute approximate surface area is 272 Å². The first kappa shape index (κ1) is 37.0. The van der Waals surface area contributed by atoms with Crippen LogP contribution >= 0.6 is 15.9 Å². The van der Waals surface area contributed by atoms with E-state index in [2.05, 4.69) is 54.1 Å². The number of aliphatic hydroxyl groups excluding tert-OH is 8. The number of H-pyrrole nitrogens is 2. The van der Waals surface area contributed by atoms with Crippen LogP contribution in [0.15, 0.2) is 53.3 Å². The Balaban J connectivity index is 0.000000204. The molecular weight excluding hydrogens is 668 g/mol. The average molecular weight is 706 g/mol. The molecule has 10 N–H and O–H groups in total. The zero-order valence-electron chi connectivity index (χ0n) is 23.6. The number of para-hydroxylation sites is 2. The van der Waals surface area contributed by atoms with Crippen molar-refractivity contribution in [2.45, 2.75) is 68.5 Å². The van der Waals surface area contributed by atoms with Crippen molar-refractivity contribution in [3.05, 3.63) is 58.8 Å². The maximum atomic E-state index is 9.93. The lowest BCUT2D eigenvalue weighted by Crippen LogP contribution is -2.58. The summed E-state index contributed by atoms with van der Waals surface area (Å²) in [5.41, 5.74) is 2.49. The van der Waals surface area contributed by atoms with Crippen molar-refractivity contribution in [2.24, 2.45) is 0 Å². The van der Waals surface area contributed by atoms with Crippen molar-refractivity contribution in [3.63, 3.8) is 0 Å². The number of halogens is 1. The van der Waals surface area contributed by atoms with Gasteiger partial charge in [-0.2, -0.15) is 10.2 Å². The summed E-state index contributed by atoms with van der Waals surface area (Å²) in [6.07, 6.45) is -3.58. The first-order chi connectivity index (χ1) is 21.6. The number of aliphatic hydroxyl groups is 8. The lowest BCUT2D eigenvalue weighted by Gasteiger charge is -2.37. The van der Waals surface area contributed by atoms with Crippen LogP contribution in [-0.2, 0) is 9.47 Å². The SMILES string of the molecule is Brc1cccc2cn[nH]c12.C.C#C[C@H]1O[C@H](CO)[C@@H](O)[C@H](O)[C@@H]1O.OC[C@H]1O[C@H](C#Cc2cccc3cn[nH]c23)[C@@H](O)[C@@H](O)[C@@H]1O. The van der Waals surface area contributed by atoms with Gasteiger partial charge in [-0.1, -0.05) is 49.5 Å². The van der Waals surface area contributed by atoms with E-state index >= 15 is 0 Å². The number of fused-ring (bicyclic) bond motifs is 2. The molecule has 0 aliphatic carbocycles. The predicted octanol–water partition coefficient (Wildman–Crippen LogP) is -0.820.